The van der Waals surface area contributed by atoms with Crippen molar-refractivity contribution < 1.29 is 4.79 Å². The molecule has 1 heterocycles. The molecule has 0 bridgehead atoms. The number of hydrogen-bond donors (Lipinski definition) is 1. The molecular weight excluding hydrogens is 152 g/mol. The predicted molar refractivity (Wildman–Crippen MR) is 46.2 cm³/mol. The Bertz CT molecular complexity index is 284. The third-order valence-electron chi connectivity index (χ3n) is 1.46. The summed E-state index contributed by atoms with van der Waals surface area (Å²) >= 11 is 0. The Labute approximate surface area is 71.6 Å². The van der Waals surface area contributed by atoms with Gasteiger partial charge >= 0.3 is 0 Å². The number of nitrogens with two attached hydrogens (primary N) is 1. The molecule has 0 unspecified atom stereocenters. The molecule has 1 rings (SSSR count). The van der Waals surface area contributed by atoms with E-state index in [4.69, 9.17) is 5.73 Å². The summed E-state index contributed by atoms with van der Waals surface area (Å²) in [7, 11) is 0. The van der Waals surface area contributed by atoms with Gasteiger partial charge in [0.25, 0.3) is 0 Å². The molecule has 1 amide bonds. The number of rotatable bonds is 3. The first-order valence-corrected chi connectivity index (χ1v) is 3.72. The van der Waals surface area contributed by atoms with Crippen molar-refractivity contribution in [1.29, 1.82) is 0 Å². The number of aryl methyl sites for hydroxylation is 1. The largest absolute Gasteiger partial charge is 0.370 e. The second-order valence-corrected chi connectivity index (χ2v) is 2.61. The van der Waals surface area contributed by atoms with E-state index in [1.54, 1.807) is 12.6 Å². The minimum atomic E-state index is -0.315. The molecular formula is C9H11N2O. The van der Waals surface area contributed by atoms with Crippen LogP contribution >= 0.6 is 0 Å². The van der Waals surface area contributed by atoms with E-state index in [1.807, 2.05) is 19.1 Å². The average Bonchev–Trinajstić information content (AvgIpc) is 2.01. The molecule has 0 spiro atoms. The molecule has 1 aromatic heterocycles. The van der Waals surface area contributed by atoms with Crippen LogP contribution in [0.3, 0.4) is 0 Å². The van der Waals surface area contributed by atoms with Gasteiger partial charge in [-0.15, -0.1) is 0 Å². The second-order valence-electron chi connectivity index (χ2n) is 2.61. The van der Waals surface area contributed by atoms with Crippen molar-refractivity contribution in [3.05, 3.63) is 36.0 Å². The lowest BCUT2D eigenvalue weighted by molar-refractivity contribution is -0.117. The zero-order valence-electron chi connectivity index (χ0n) is 6.95. The predicted octanol–water partition coefficient (Wildman–Crippen LogP) is 0.818. The summed E-state index contributed by atoms with van der Waals surface area (Å²) in [6, 6.07) is 3.75. The Morgan fingerprint density at radius 2 is 2.50 bits per heavy atom. The average molecular weight is 163 g/mol. The smallest absolute Gasteiger partial charge is 0.218 e. The van der Waals surface area contributed by atoms with Crippen LogP contribution in [0, 0.1) is 13.3 Å². The quantitative estimate of drug-likeness (QED) is 0.717. The van der Waals surface area contributed by atoms with Gasteiger partial charge in [-0.3, -0.25) is 9.78 Å². The van der Waals surface area contributed by atoms with Crippen molar-refractivity contribution in [3.8, 4) is 0 Å². The molecule has 0 aliphatic rings. The Balaban J connectivity index is 2.57. The summed E-state index contributed by atoms with van der Waals surface area (Å²) in [6.07, 6.45) is 3.78. The van der Waals surface area contributed by atoms with Crippen LogP contribution in [-0.4, -0.2) is 10.9 Å². The first kappa shape index (κ1) is 8.71. The van der Waals surface area contributed by atoms with Crippen LogP contribution in [0.5, 0.6) is 0 Å². The van der Waals surface area contributed by atoms with Gasteiger partial charge in [-0.1, -0.05) is 0 Å². The van der Waals surface area contributed by atoms with E-state index in [-0.39, 0.29) is 12.3 Å². The van der Waals surface area contributed by atoms with Gasteiger partial charge in [0.1, 0.15) is 0 Å². The molecule has 0 atom stereocenters. The Kier molecular flexibility index (Phi) is 2.80. The topological polar surface area (TPSA) is 56.0 Å². The van der Waals surface area contributed by atoms with Crippen molar-refractivity contribution in [1.82, 2.24) is 4.98 Å². The fourth-order valence-electron chi connectivity index (χ4n) is 0.913. The molecule has 0 aliphatic carbocycles. The van der Waals surface area contributed by atoms with E-state index in [0.717, 1.165) is 11.3 Å². The van der Waals surface area contributed by atoms with Crippen molar-refractivity contribution in [2.75, 3.05) is 0 Å². The lowest BCUT2D eigenvalue weighted by Crippen LogP contribution is -2.10. The highest BCUT2D eigenvalue weighted by Crippen LogP contribution is 2.05. The fourth-order valence-corrected chi connectivity index (χ4v) is 0.913. The number of carbonyl (C=O) groups is 1. The van der Waals surface area contributed by atoms with Gasteiger partial charge in [0, 0.05) is 24.7 Å². The van der Waals surface area contributed by atoms with Crippen molar-refractivity contribution in [2.24, 2.45) is 5.73 Å². The van der Waals surface area contributed by atoms with E-state index < -0.39 is 0 Å². The van der Waals surface area contributed by atoms with Crippen LogP contribution in [0.2, 0.25) is 0 Å². The molecule has 2 N–H and O–H groups in total. The minimum absolute atomic E-state index is 0.281. The number of amides is 1. The Hall–Kier alpha value is -1.38. The van der Waals surface area contributed by atoms with Crippen LogP contribution in [0.25, 0.3) is 0 Å². The second kappa shape index (κ2) is 3.85. The number of carbonyl (C=O) groups excluding carboxylic acids is 1. The fraction of sp³-hybridized carbons (Fsp3) is 0.222. The molecule has 0 aliphatic heterocycles. The minimum Gasteiger partial charge on any atom is -0.370 e. The maximum atomic E-state index is 10.4. The normalized spacial score (nSPS) is 9.75. The van der Waals surface area contributed by atoms with E-state index in [0.29, 0.717) is 0 Å². The molecule has 0 saturated heterocycles. The van der Waals surface area contributed by atoms with E-state index in [9.17, 15) is 4.79 Å². The maximum Gasteiger partial charge on any atom is 0.218 e. The molecule has 0 fully saturated rings. The summed E-state index contributed by atoms with van der Waals surface area (Å²) in [5.41, 5.74) is 6.92. The number of nitrogens with zero attached hydrogens (tertiary/aromatic N) is 1. The lowest BCUT2D eigenvalue weighted by Gasteiger charge is -1.98. The summed E-state index contributed by atoms with van der Waals surface area (Å²) < 4.78 is 0. The standard InChI is InChI=1S/C9H11N2O/c1-7-6-8(4-5-11-7)2-3-9(10)12/h2,4-6H,3H2,1H3,(H2,10,12). The highest BCUT2D eigenvalue weighted by atomic mass is 16.1. The molecule has 0 aromatic carbocycles. The molecule has 1 aromatic rings. The molecule has 63 valence electrons. The summed E-state index contributed by atoms with van der Waals surface area (Å²) in [5, 5.41) is 0. The molecule has 3 nitrogen and oxygen atoms in total. The highest BCUT2D eigenvalue weighted by Gasteiger charge is 1.97. The van der Waals surface area contributed by atoms with Gasteiger partial charge in [0.05, 0.1) is 0 Å². The SMILES string of the molecule is Cc1cc([CH]CC(N)=O)ccn1. The van der Waals surface area contributed by atoms with Gasteiger partial charge < -0.3 is 5.73 Å². The van der Waals surface area contributed by atoms with Gasteiger partial charge in [-0.05, 0) is 24.6 Å². The van der Waals surface area contributed by atoms with Crippen LogP contribution < -0.4 is 5.73 Å². The van der Waals surface area contributed by atoms with Crippen LogP contribution in [-0.2, 0) is 4.79 Å². The first-order valence-electron chi connectivity index (χ1n) is 3.72. The van der Waals surface area contributed by atoms with Gasteiger partial charge in [0.15, 0.2) is 0 Å². The number of primary amides is 1. The van der Waals surface area contributed by atoms with Gasteiger partial charge in [-0.2, -0.15) is 0 Å². The summed E-state index contributed by atoms with van der Waals surface area (Å²) in [6.45, 7) is 1.90. The van der Waals surface area contributed by atoms with Gasteiger partial charge in [-0.25, -0.2) is 0 Å². The lowest BCUT2D eigenvalue weighted by atomic mass is 10.1. The third kappa shape index (κ3) is 2.70. The van der Waals surface area contributed by atoms with Crippen molar-refractivity contribution in [3.63, 3.8) is 0 Å². The number of hydrogen-bond acceptors (Lipinski definition) is 2. The zero-order chi connectivity index (χ0) is 8.97. The first-order chi connectivity index (χ1) is 5.68. The maximum absolute atomic E-state index is 10.4. The van der Waals surface area contributed by atoms with E-state index in [1.165, 1.54) is 0 Å². The van der Waals surface area contributed by atoms with Crippen LogP contribution in [0.1, 0.15) is 17.7 Å². The highest BCUT2D eigenvalue weighted by molar-refractivity contribution is 5.75. The van der Waals surface area contributed by atoms with Gasteiger partial charge in [0.2, 0.25) is 5.91 Å². The summed E-state index contributed by atoms with van der Waals surface area (Å²) in [4.78, 5) is 14.5. The number of aromatic nitrogens is 1. The molecule has 12 heavy (non-hydrogen) atoms. The summed E-state index contributed by atoms with van der Waals surface area (Å²) in [5.74, 6) is -0.315. The number of pyridine rings is 1. The monoisotopic (exact) mass is 163 g/mol. The van der Waals surface area contributed by atoms with E-state index in [2.05, 4.69) is 4.98 Å². The molecule has 3 heteroatoms. The van der Waals surface area contributed by atoms with Crippen LogP contribution in [0.4, 0.5) is 0 Å². The Morgan fingerprint density at radius 1 is 1.75 bits per heavy atom. The van der Waals surface area contributed by atoms with Crippen LogP contribution in [0.15, 0.2) is 18.3 Å². The Morgan fingerprint density at radius 3 is 3.08 bits per heavy atom. The zero-order valence-corrected chi connectivity index (χ0v) is 6.95. The van der Waals surface area contributed by atoms with Crippen molar-refractivity contribution >= 4 is 5.91 Å². The third-order valence-corrected chi connectivity index (χ3v) is 1.46. The van der Waals surface area contributed by atoms with E-state index >= 15 is 0 Å². The molecule has 0 saturated carbocycles. The molecule has 1 radical (unpaired) electrons. The van der Waals surface area contributed by atoms with Crippen molar-refractivity contribution in [2.45, 2.75) is 13.3 Å².